The van der Waals surface area contributed by atoms with Crippen LogP contribution < -0.4 is 0 Å². The molecule has 10 aromatic rings. The summed E-state index contributed by atoms with van der Waals surface area (Å²) in [5.74, 6) is 0. The first-order valence-electron chi connectivity index (χ1n) is 17.5. The monoisotopic (exact) mass is 648 g/mol. The summed E-state index contributed by atoms with van der Waals surface area (Å²) in [6, 6.07) is 70.2. The number of hydrogen-bond acceptors (Lipinski definition) is 1. The third-order valence-corrected chi connectivity index (χ3v) is 10.3. The number of benzene rings is 9. The van der Waals surface area contributed by atoms with Crippen molar-refractivity contribution in [2.75, 3.05) is 0 Å². The van der Waals surface area contributed by atoms with Crippen LogP contribution in [-0.4, -0.2) is 0 Å². The lowest BCUT2D eigenvalue weighted by atomic mass is 9.91. The lowest BCUT2D eigenvalue weighted by Gasteiger charge is -2.13. The van der Waals surface area contributed by atoms with Crippen molar-refractivity contribution in [2.24, 2.45) is 0 Å². The highest BCUT2D eigenvalue weighted by Crippen LogP contribution is 2.38. The van der Waals surface area contributed by atoms with Crippen LogP contribution in [-0.2, 0) is 0 Å². The second-order valence-electron chi connectivity index (χ2n) is 13.4. The summed E-state index contributed by atoms with van der Waals surface area (Å²) in [6.45, 7) is 0. The van der Waals surface area contributed by atoms with Crippen molar-refractivity contribution in [1.29, 1.82) is 0 Å². The molecule has 0 amide bonds. The SMILES string of the molecule is c1ccc2cc(-c3ccc(-c4cc(-c5ccc(-c6cccc7ccccc67)cc5)cc(-c5ccc6c(c5)oc5ccccc56)c4)cc3)ccc2c1. The van der Waals surface area contributed by atoms with Gasteiger partial charge in [0, 0.05) is 10.8 Å². The fourth-order valence-electron chi connectivity index (χ4n) is 7.58. The Hall–Kier alpha value is -6.70. The van der Waals surface area contributed by atoms with Gasteiger partial charge in [0.15, 0.2) is 0 Å². The first-order chi connectivity index (χ1) is 25.2. The van der Waals surface area contributed by atoms with Gasteiger partial charge in [-0.2, -0.15) is 0 Å². The van der Waals surface area contributed by atoms with E-state index < -0.39 is 0 Å². The molecule has 0 unspecified atom stereocenters. The van der Waals surface area contributed by atoms with Gasteiger partial charge in [0.25, 0.3) is 0 Å². The molecule has 1 aromatic heterocycles. The minimum absolute atomic E-state index is 0.903. The Morgan fingerprint density at radius 2 is 0.725 bits per heavy atom. The van der Waals surface area contributed by atoms with Gasteiger partial charge >= 0.3 is 0 Å². The summed E-state index contributed by atoms with van der Waals surface area (Å²) in [7, 11) is 0. The Balaban J connectivity index is 1.07. The maximum absolute atomic E-state index is 6.31. The second kappa shape index (κ2) is 12.0. The van der Waals surface area contributed by atoms with E-state index in [9.17, 15) is 0 Å². The normalized spacial score (nSPS) is 11.5. The molecule has 9 aromatic carbocycles. The van der Waals surface area contributed by atoms with E-state index in [2.05, 4.69) is 182 Å². The molecule has 1 nitrogen and oxygen atoms in total. The van der Waals surface area contributed by atoms with E-state index in [1.807, 2.05) is 12.1 Å². The highest BCUT2D eigenvalue weighted by molar-refractivity contribution is 6.06. The second-order valence-corrected chi connectivity index (χ2v) is 13.4. The summed E-state index contributed by atoms with van der Waals surface area (Å²) in [5, 5.41) is 7.32. The Labute approximate surface area is 296 Å². The fraction of sp³-hybridized carbons (Fsp3) is 0. The van der Waals surface area contributed by atoms with E-state index in [4.69, 9.17) is 4.42 Å². The summed E-state index contributed by atoms with van der Waals surface area (Å²) >= 11 is 0. The van der Waals surface area contributed by atoms with Gasteiger partial charge < -0.3 is 4.42 Å². The zero-order valence-electron chi connectivity index (χ0n) is 27.9. The summed E-state index contributed by atoms with van der Waals surface area (Å²) in [5.41, 5.74) is 13.7. The molecule has 0 aliphatic rings. The van der Waals surface area contributed by atoms with Gasteiger partial charge in [0.1, 0.15) is 11.2 Å². The van der Waals surface area contributed by atoms with Crippen LogP contribution in [0.5, 0.6) is 0 Å². The van der Waals surface area contributed by atoms with Crippen LogP contribution >= 0.6 is 0 Å². The number of rotatable bonds is 5. The third-order valence-electron chi connectivity index (χ3n) is 10.3. The van der Waals surface area contributed by atoms with Gasteiger partial charge in [-0.25, -0.2) is 0 Å². The molecule has 0 atom stereocenters. The fourth-order valence-corrected chi connectivity index (χ4v) is 7.58. The molecule has 0 bridgehead atoms. The summed E-state index contributed by atoms with van der Waals surface area (Å²) in [4.78, 5) is 0. The molecule has 0 N–H and O–H groups in total. The third kappa shape index (κ3) is 5.28. The van der Waals surface area contributed by atoms with Crippen molar-refractivity contribution in [1.82, 2.24) is 0 Å². The molecule has 0 fully saturated rings. The lowest BCUT2D eigenvalue weighted by molar-refractivity contribution is 0.669. The van der Waals surface area contributed by atoms with Crippen LogP contribution in [0.1, 0.15) is 0 Å². The smallest absolute Gasteiger partial charge is 0.136 e. The molecule has 238 valence electrons. The average molecular weight is 649 g/mol. The maximum atomic E-state index is 6.31. The highest BCUT2D eigenvalue weighted by atomic mass is 16.3. The van der Waals surface area contributed by atoms with Crippen LogP contribution in [0, 0.1) is 0 Å². The minimum Gasteiger partial charge on any atom is -0.456 e. The predicted molar refractivity (Wildman–Crippen MR) is 216 cm³/mol. The maximum Gasteiger partial charge on any atom is 0.136 e. The van der Waals surface area contributed by atoms with Crippen LogP contribution in [0.3, 0.4) is 0 Å². The van der Waals surface area contributed by atoms with Crippen molar-refractivity contribution in [3.63, 3.8) is 0 Å². The van der Waals surface area contributed by atoms with E-state index in [1.165, 1.54) is 66.1 Å². The van der Waals surface area contributed by atoms with Crippen LogP contribution in [0.4, 0.5) is 0 Å². The molecule has 10 rings (SSSR count). The number of furan rings is 1. The molecule has 1 heterocycles. The van der Waals surface area contributed by atoms with Crippen LogP contribution in [0.25, 0.3) is 99.1 Å². The van der Waals surface area contributed by atoms with Gasteiger partial charge in [-0.05, 0) is 120 Å². The summed E-state index contributed by atoms with van der Waals surface area (Å²) < 4.78 is 6.31. The van der Waals surface area contributed by atoms with E-state index >= 15 is 0 Å². The van der Waals surface area contributed by atoms with Crippen molar-refractivity contribution in [3.8, 4) is 55.6 Å². The predicted octanol–water partition coefficient (Wildman–Crippen LogP) is 14.2. The Morgan fingerprint density at radius 3 is 1.47 bits per heavy atom. The quantitative estimate of drug-likeness (QED) is 0.181. The minimum atomic E-state index is 0.903. The van der Waals surface area contributed by atoms with Gasteiger partial charge in [-0.15, -0.1) is 0 Å². The molecule has 0 spiro atoms. The molecule has 0 aliphatic heterocycles. The van der Waals surface area contributed by atoms with Gasteiger partial charge in [-0.3, -0.25) is 0 Å². The molecule has 0 radical (unpaired) electrons. The van der Waals surface area contributed by atoms with Crippen molar-refractivity contribution in [3.05, 3.63) is 194 Å². The summed E-state index contributed by atoms with van der Waals surface area (Å²) in [6.07, 6.45) is 0. The van der Waals surface area contributed by atoms with Crippen molar-refractivity contribution < 1.29 is 4.42 Å². The van der Waals surface area contributed by atoms with E-state index in [-0.39, 0.29) is 0 Å². The molecule has 51 heavy (non-hydrogen) atoms. The van der Waals surface area contributed by atoms with Gasteiger partial charge in [0.2, 0.25) is 0 Å². The Bertz CT molecular complexity index is 2890. The van der Waals surface area contributed by atoms with E-state index in [0.717, 1.165) is 33.1 Å². The first kappa shape index (κ1) is 29.2. The molecule has 0 saturated carbocycles. The largest absolute Gasteiger partial charge is 0.456 e. The molecular weight excluding hydrogens is 617 g/mol. The Morgan fingerprint density at radius 1 is 0.235 bits per heavy atom. The molecule has 0 saturated heterocycles. The van der Waals surface area contributed by atoms with Crippen LogP contribution in [0.2, 0.25) is 0 Å². The standard InChI is InChI=1S/C50H32O/c1-2-10-39-28-40(25-22-33(39)8-1)34-16-18-35(19-17-34)42-29-43(36-20-23-38(24-21-36)46-14-7-11-37-9-3-4-12-45(37)46)31-44(30-42)41-26-27-48-47-13-5-6-15-49(47)51-50(48)32-41/h1-32H. The van der Waals surface area contributed by atoms with Crippen molar-refractivity contribution in [2.45, 2.75) is 0 Å². The number of hydrogen-bond donors (Lipinski definition) is 0. The zero-order chi connectivity index (χ0) is 33.7. The topological polar surface area (TPSA) is 13.1 Å². The highest BCUT2D eigenvalue weighted by Gasteiger charge is 2.12. The molecule has 1 heteroatoms. The van der Waals surface area contributed by atoms with Gasteiger partial charge in [-0.1, -0.05) is 152 Å². The van der Waals surface area contributed by atoms with E-state index in [1.54, 1.807) is 0 Å². The lowest BCUT2D eigenvalue weighted by Crippen LogP contribution is -1.88. The molecular formula is C50H32O. The van der Waals surface area contributed by atoms with E-state index in [0.29, 0.717) is 0 Å². The molecule has 0 aliphatic carbocycles. The van der Waals surface area contributed by atoms with Crippen molar-refractivity contribution >= 4 is 43.5 Å². The van der Waals surface area contributed by atoms with Gasteiger partial charge in [0.05, 0.1) is 0 Å². The average Bonchev–Trinajstić information content (AvgIpc) is 3.58. The first-order valence-corrected chi connectivity index (χ1v) is 17.5. The number of para-hydroxylation sites is 1. The van der Waals surface area contributed by atoms with Crippen LogP contribution in [0.15, 0.2) is 199 Å². The number of fused-ring (bicyclic) bond motifs is 5. The Kier molecular flexibility index (Phi) is 6.89. The zero-order valence-corrected chi connectivity index (χ0v) is 27.9.